The molecule has 1 saturated carbocycles. The van der Waals surface area contributed by atoms with Crippen LogP contribution in [0.1, 0.15) is 51.9 Å². The maximum atomic E-state index is 12.2. The number of piperidine rings is 1. The topological polar surface area (TPSA) is 55.8 Å². The van der Waals surface area contributed by atoms with Gasteiger partial charge in [0.2, 0.25) is 0 Å². The molecule has 20 heavy (non-hydrogen) atoms. The van der Waals surface area contributed by atoms with E-state index in [1.54, 1.807) is 11.8 Å². The lowest BCUT2D eigenvalue weighted by atomic mass is 9.96. The van der Waals surface area contributed by atoms with Crippen LogP contribution in [0.4, 0.5) is 4.79 Å². The SMILES string of the molecule is CCOC(=O)N1CCC[C@H](C(=O)OC2CCCCC2)C1. The van der Waals surface area contributed by atoms with Gasteiger partial charge in [0.1, 0.15) is 6.10 Å². The summed E-state index contributed by atoms with van der Waals surface area (Å²) in [5.74, 6) is -0.319. The van der Waals surface area contributed by atoms with E-state index in [4.69, 9.17) is 9.47 Å². The number of hydrogen-bond donors (Lipinski definition) is 0. The Balaban J connectivity index is 1.81. The fraction of sp³-hybridized carbons (Fsp3) is 0.867. The minimum Gasteiger partial charge on any atom is -0.462 e. The van der Waals surface area contributed by atoms with Gasteiger partial charge < -0.3 is 14.4 Å². The van der Waals surface area contributed by atoms with E-state index in [9.17, 15) is 9.59 Å². The molecule has 5 heteroatoms. The van der Waals surface area contributed by atoms with E-state index in [-0.39, 0.29) is 24.1 Å². The zero-order chi connectivity index (χ0) is 14.4. The van der Waals surface area contributed by atoms with Gasteiger partial charge in [0.15, 0.2) is 0 Å². The van der Waals surface area contributed by atoms with Gasteiger partial charge in [-0.3, -0.25) is 4.79 Å². The minimum absolute atomic E-state index is 0.0919. The lowest BCUT2D eigenvalue weighted by Crippen LogP contribution is -2.43. The third kappa shape index (κ3) is 4.12. The molecule has 0 radical (unpaired) electrons. The number of esters is 1. The highest BCUT2D eigenvalue weighted by molar-refractivity contribution is 5.75. The van der Waals surface area contributed by atoms with E-state index in [1.807, 2.05) is 0 Å². The predicted octanol–water partition coefficient (Wildman–Crippen LogP) is 2.73. The molecule has 1 aliphatic carbocycles. The van der Waals surface area contributed by atoms with Gasteiger partial charge in [0.05, 0.1) is 12.5 Å². The molecular weight excluding hydrogens is 258 g/mol. The van der Waals surface area contributed by atoms with Crippen molar-refractivity contribution in [2.45, 2.75) is 58.0 Å². The van der Waals surface area contributed by atoms with E-state index >= 15 is 0 Å². The van der Waals surface area contributed by atoms with Crippen LogP contribution in [-0.4, -0.2) is 42.8 Å². The van der Waals surface area contributed by atoms with Crippen LogP contribution in [0.25, 0.3) is 0 Å². The molecule has 0 aromatic rings. The van der Waals surface area contributed by atoms with Crippen molar-refractivity contribution in [3.8, 4) is 0 Å². The molecule has 0 spiro atoms. The lowest BCUT2D eigenvalue weighted by Gasteiger charge is -2.32. The summed E-state index contributed by atoms with van der Waals surface area (Å²) < 4.78 is 10.6. The molecular formula is C15H25NO4. The van der Waals surface area contributed by atoms with Crippen LogP contribution in [0.2, 0.25) is 0 Å². The summed E-state index contributed by atoms with van der Waals surface area (Å²) in [6.07, 6.45) is 6.94. The fourth-order valence-corrected chi connectivity index (χ4v) is 2.99. The van der Waals surface area contributed by atoms with Gasteiger partial charge in [0, 0.05) is 13.1 Å². The first-order valence-corrected chi connectivity index (χ1v) is 7.83. The zero-order valence-corrected chi connectivity index (χ0v) is 12.3. The highest BCUT2D eigenvalue weighted by atomic mass is 16.6. The third-order valence-electron chi connectivity index (χ3n) is 4.12. The first-order chi connectivity index (χ1) is 9.70. The van der Waals surface area contributed by atoms with Crippen LogP contribution >= 0.6 is 0 Å². The Kier molecular flexibility index (Phi) is 5.68. The van der Waals surface area contributed by atoms with E-state index in [1.165, 1.54) is 6.42 Å². The van der Waals surface area contributed by atoms with Crippen molar-refractivity contribution in [1.29, 1.82) is 0 Å². The number of amides is 1. The van der Waals surface area contributed by atoms with Gasteiger partial charge in [-0.15, -0.1) is 0 Å². The maximum absolute atomic E-state index is 12.2. The smallest absolute Gasteiger partial charge is 0.409 e. The molecule has 0 unspecified atom stereocenters. The Morgan fingerprint density at radius 2 is 1.85 bits per heavy atom. The number of rotatable bonds is 3. The van der Waals surface area contributed by atoms with Crippen molar-refractivity contribution in [3.05, 3.63) is 0 Å². The van der Waals surface area contributed by atoms with Crippen molar-refractivity contribution < 1.29 is 19.1 Å². The molecule has 1 aliphatic heterocycles. The Labute approximate surface area is 120 Å². The fourth-order valence-electron chi connectivity index (χ4n) is 2.99. The average molecular weight is 283 g/mol. The van der Waals surface area contributed by atoms with Crippen molar-refractivity contribution in [1.82, 2.24) is 4.90 Å². The second-order valence-electron chi connectivity index (χ2n) is 5.68. The van der Waals surface area contributed by atoms with Crippen LogP contribution in [-0.2, 0) is 14.3 Å². The second kappa shape index (κ2) is 7.50. The van der Waals surface area contributed by atoms with Crippen molar-refractivity contribution in [2.75, 3.05) is 19.7 Å². The van der Waals surface area contributed by atoms with Crippen LogP contribution in [0.5, 0.6) is 0 Å². The molecule has 2 aliphatic rings. The zero-order valence-electron chi connectivity index (χ0n) is 12.3. The Bertz CT molecular complexity index is 339. The molecule has 1 saturated heterocycles. The second-order valence-corrected chi connectivity index (χ2v) is 5.68. The van der Waals surface area contributed by atoms with Crippen molar-refractivity contribution in [3.63, 3.8) is 0 Å². The number of carbonyl (C=O) groups excluding carboxylic acids is 2. The van der Waals surface area contributed by atoms with E-state index < -0.39 is 0 Å². The summed E-state index contributed by atoms with van der Waals surface area (Å²) in [6.45, 7) is 3.26. The molecule has 2 rings (SSSR count). The summed E-state index contributed by atoms with van der Waals surface area (Å²) in [5, 5.41) is 0. The quantitative estimate of drug-likeness (QED) is 0.747. The van der Waals surface area contributed by atoms with E-state index in [0.29, 0.717) is 19.7 Å². The maximum Gasteiger partial charge on any atom is 0.409 e. The highest BCUT2D eigenvalue weighted by Crippen LogP contribution is 2.24. The van der Waals surface area contributed by atoms with Crippen LogP contribution in [0, 0.1) is 5.92 Å². The monoisotopic (exact) mass is 283 g/mol. The summed E-state index contributed by atoms with van der Waals surface area (Å²) in [5.41, 5.74) is 0. The van der Waals surface area contributed by atoms with Gasteiger partial charge in [-0.2, -0.15) is 0 Å². The largest absolute Gasteiger partial charge is 0.462 e. The van der Waals surface area contributed by atoms with Gasteiger partial charge in [-0.05, 0) is 45.4 Å². The molecule has 0 bridgehead atoms. The Morgan fingerprint density at radius 1 is 1.10 bits per heavy atom. The van der Waals surface area contributed by atoms with Crippen molar-refractivity contribution >= 4 is 12.1 Å². The summed E-state index contributed by atoms with van der Waals surface area (Å²) in [7, 11) is 0. The molecule has 1 atom stereocenters. The molecule has 0 aromatic carbocycles. The molecule has 114 valence electrons. The van der Waals surface area contributed by atoms with Gasteiger partial charge in [-0.1, -0.05) is 6.42 Å². The molecule has 1 amide bonds. The predicted molar refractivity (Wildman–Crippen MR) is 74.3 cm³/mol. The lowest BCUT2D eigenvalue weighted by molar-refractivity contribution is -0.157. The minimum atomic E-state index is -0.317. The van der Waals surface area contributed by atoms with Gasteiger partial charge in [0.25, 0.3) is 0 Å². The molecule has 2 fully saturated rings. The Hall–Kier alpha value is -1.26. The summed E-state index contributed by atoms with van der Waals surface area (Å²) >= 11 is 0. The Morgan fingerprint density at radius 3 is 2.55 bits per heavy atom. The van der Waals surface area contributed by atoms with Crippen LogP contribution < -0.4 is 0 Å². The molecule has 1 heterocycles. The molecule has 0 aromatic heterocycles. The normalized spacial score (nSPS) is 24.2. The number of ether oxygens (including phenoxy) is 2. The molecule has 0 N–H and O–H groups in total. The number of hydrogen-bond acceptors (Lipinski definition) is 4. The van der Waals surface area contributed by atoms with Gasteiger partial charge >= 0.3 is 12.1 Å². The van der Waals surface area contributed by atoms with Gasteiger partial charge in [-0.25, -0.2) is 4.79 Å². The number of carbonyl (C=O) groups is 2. The van der Waals surface area contributed by atoms with E-state index in [0.717, 1.165) is 38.5 Å². The first-order valence-electron chi connectivity index (χ1n) is 7.83. The summed E-state index contributed by atoms with van der Waals surface area (Å²) in [6, 6.07) is 0. The van der Waals surface area contributed by atoms with Crippen LogP contribution in [0.15, 0.2) is 0 Å². The first kappa shape index (κ1) is 15.1. The van der Waals surface area contributed by atoms with Crippen molar-refractivity contribution in [2.24, 2.45) is 5.92 Å². The number of nitrogens with zero attached hydrogens (tertiary/aromatic N) is 1. The standard InChI is InChI=1S/C15H25NO4/c1-2-19-15(18)16-10-6-7-12(11-16)14(17)20-13-8-4-3-5-9-13/h12-13H,2-11H2,1H3/t12-/m0/s1. The average Bonchev–Trinajstić information content (AvgIpc) is 2.48. The van der Waals surface area contributed by atoms with E-state index in [2.05, 4.69) is 0 Å². The summed E-state index contributed by atoms with van der Waals surface area (Å²) in [4.78, 5) is 25.5. The highest BCUT2D eigenvalue weighted by Gasteiger charge is 2.31. The van der Waals surface area contributed by atoms with Crippen LogP contribution in [0.3, 0.4) is 0 Å². The third-order valence-corrected chi connectivity index (χ3v) is 4.12. The molecule has 5 nitrogen and oxygen atoms in total. The number of likely N-dealkylation sites (tertiary alicyclic amines) is 1.